The molecular weight excluding hydrogens is 309 g/mol. The molecule has 2 aliphatic rings. The van der Waals surface area contributed by atoms with E-state index in [1.807, 2.05) is 0 Å². The van der Waals surface area contributed by atoms with E-state index in [-0.39, 0.29) is 5.69 Å². The van der Waals surface area contributed by atoms with Gasteiger partial charge in [0, 0.05) is 12.2 Å². The number of aromatic nitrogens is 3. The van der Waals surface area contributed by atoms with Gasteiger partial charge >= 0.3 is 0 Å². The highest BCUT2D eigenvalue weighted by molar-refractivity contribution is 5.91. The molecule has 0 saturated heterocycles. The summed E-state index contributed by atoms with van der Waals surface area (Å²) in [6.45, 7) is 0. The van der Waals surface area contributed by atoms with Gasteiger partial charge in [-0.15, -0.1) is 0 Å². The van der Waals surface area contributed by atoms with Gasteiger partial charge in [-0.25, -0.2) is 4.98 Å². The number of nitrogens with zero attached hydrogens (tertiary/aromatic N) is 3. The van der Waals surface area contributed by atoms with Gasteiger partial charge in [-0.2, -0.15) is 9.37 Å². The van der Waals surface area contributed by atoms with Crippen LogP contribution >= 0.6 is 0 Å². The summed E-state index contributed by atoms with van der Waals surface area (Å²) < 4.78 is 15.4. The second-order valence-corrected chi connectivity index (χ2v) is 6.23. The smallest absolute Gasteiger partial charge is 0.294 e. The maximum atomic E-state index is 14.1. The fourth-order valence-corrected chi connectivity index (χ4v) is 3.23. The molecule has 2 heterocycles. The first-order valence-electron chi connectivity index (χ1n) is 8.17. The van der Waals surface area contributed by atoms with Crippen LogP contribution in [0.25, 0.3) is 16.7 Å². The van der Waals surface area contributed by atoms with Crippen molar-refractivity contribution in [1.82, 2.24) is 14.5 Å². The lowest BCUT2D eigenvalue weighted by Gasteiger charge is -2.23. The maximum Gasteiger partial charge on any atom is 0.294 e. The molecule has 0 amide bonds. The minimum Gasteiger partial charge on any atom is -0.396 e. The monoisotopic (exact) mass is 327 g/mol. The van der Waals surface area contributed by atoms with Gasteiger partial charge in [0.15, 0.2) is 5.65 Å². The highest BCUT2D eigenvalue weighted by atomic mass is 19.1. The number of nitrogen functional groups attached to an aromatic ring is 1. The van der Waals surface area contributed by atoms with Crippen LogP contribution in [0.5, 0.6) is 0 Å². The van der Waals surface area contributed by atoms with Gasteiger partial charge in [-0.05, 0) is 25.0 Å². The predicted octanol–water partition coefficient (Wildman–Crippen LogP) is 2.67. The van der Waals surface area contributed by atoms with E-state index >= 15 is 0 Å². The molecule has 0 bridgehead atoms. The molecule has 0 aliphatic heterocycles. The van der Waals surface area contributed by atoms with Crippen molar-refractivity contribution >= 4 is 28.4 Å². The van der Waals surface area contributed by atoms with Gasteiger partial charge in [0.2, 0.25) is 11.8 Å². The van der Waals surface area contributed by atoms with Crippen molar-refractivity contribution in [2.75, 3.05) is 11.1 Å². The Balaban J connectivity index is 1.82. The first kappa shape index (κ1) is 14.9. The molecule has 6 nitrogen and oxygen atoms in total. The standard InChI is InChI=1S/C17H18FN5O/c18-13-14(19)12-9-20-17(21-10-5-2-1-3-6-10)22-15(12)23(16(13)24)11-7-4-8-11/h4,7-10H,1-3,5-6,19H2,(H,20,21,22). The maximum absolute atomic E-state index is 14.1. The third kappa shape index (κ3) is 2.36. The highest BCUT2D eigenvalue weighted by Crippen LogP contribution is 2.26. The molecule has 2 aromatic heterocycles. The van der Waals surface area contributed by atoms with Crippen LogP contribution in [0.3, 0.4) is 0 Å². The molecule has 7 heteroatoms. The van der Waals surface area contributed by atoms with Crippen molar-refractivity contribution < 1.29 is 4.39 Å². The fraction of sp³-hybridized carbons (Fsp3) is 0.353. The van der Waals surface area contributed by atoms with E-state index in [1.165, 1.54) is 30.0 Å². The number of nitrogens with two attached hydrogens (primary N) is 1. The van der Waals surface area contributed by atoms with Gasteiger partial charge in [0.05, 0.1) is 16.8 Å². The number of rotatable bonds is 3. The summed E-state index contributed by atoms with van der Waals surface area (Å²) in [4.78, 5) is 21.0. The number of anilines is 2. The summed E-state index contributed by atoms with van der Waals surface area (Å²) in [7, 11) is 0. The number of hydrogen-bond donors (Lipinski definition) is 2. The minimum absolute atomic E-state index is 0.209. The summed E-state index contributed by atoms with van der Waals surface area (Å²) in [5.41, 5.74) is 5.66. The van der Waals surface area contributed by atoms with Gasteiger partial charge in [0.1, 0.15) is 0 Å². The molecule has 3 N–H and O–H groups in total. The van der Waals surface area contributed by atoms with Crippen LogP contribution in [0.4, 0.5) is 16.0 Å². The van der Waals surface area contributed by atoms with E-state index in [0.29, 0.717) is 28.7 Å². The lowest BCUT2D eigenvalue weighted by Crippen LogP contribution is -2.27. The normalized spacial score (nSPS) is 17.6. The Morgan fingerprint density at radius 1 is 1.29 bits per heavy atom. The summed E-state index contributed by atoms with van der Waals surface area (Å²) in [5.74, 6) is -0.530. The van der Waals surface area contributed by atoms with Crippen molar-refractivity contribution in [3.8, 4) is 0 Å². The fourth-order valence-electron chi connectivity index (χ4n) is 3.23. The molecule has 2 aromatic rings. The number of hydrogen-bond acceptors (Lipinski definition) is 5. The first-order valence-corrected chi connectivity index (χ1v) is 8.17. The van der Waals surface area contributed by atoms with Gasteiger partial charge in [-0.1, -0.05) is 25.3 Å². The predicted molar refractivity (Wildman–Crippen MR) is 92.1 cm³/mol. The minimum atomic E-state index is -0.972. The molecule has 4 rings (SSSR count). The second-order valence-electron chi connectivity index (χ2n) is 6.23. The number of nitrogens with one attached hydrogen (secondary N) is 1. The Hall–Kier alpha value is -2.70. The Morgan fingerprint density at radius 2 is 2.04 bits per heavy atom. The number of halogens is 1. The van der Waals surface area contributed by atoms with Gasteiger partial charge < -0.3 is 11.1 Å². The van der Waals surface area contributed by atoms with Crippen LogP contribution in [-0.4, -0.2) is 20.6 Å². The van der Waals surface area contributed by atoms with Crippen LogP contribution in [0.15, 0.2) is 29.2 Å². The van der Waals surface area contributed by atoms with E-state index in [1.54, 1.807) is 18.2 Å². The van der Waals surface area contributed by atoms with E-state index in [9.17, 15) is 9.18 Å². The average molecular weight is 327 g/mol. The van der Waals surface area contributed by atoms with Crippen molar-refractivity contribution in [2.24, 2.45) is 0 Å². The van der Waals surface area contributed by atoms with Crippen LogP contribution in [0, 0.1) is 5.82 Å². The molecule has 0 atom stereocenters. The van der Waals surface area contributed by atoms with Crippen molar-refractivity contribution in [3.05, 3.63) is 40.6 Å². The quantitative estimate of drug-likeness (QED) is 0.905. The van der Waals surface area contributed by atoms with E-state index < -0.39 is 11.4 Å². The second kappa shape index (κ2) is 5.74. The summed E-state index contributed by atoms with van der Waals surface area (Å²) in [5, 5.41) is 3.65. The van der Waals surface area contributed by atoms with E-state index in [0.717, 1.165) is 12.8 Å². The molecule has 0 unspecified atom stereocenters. The van der Waals surface area contributed by atoms with Crippen molar-refractivity contribution in [3.63, 3.8) is 0 Å². The zero-order valence-electron chi connectivity index (χ0n) is 13.1. The Kier molecular flexibility index (Phi) is 3.55. The molecule has 2 aliphatic carbocycles. The molecule has 1 saturated carbocycles. The number of fused-ring (bicyclic) bond motifs is 1. The summed E-state index contributed by atoms with van der Waals surface area (Å²) in [6, 6.07) is 0.331. The molecule has 124 valence electrons. The molecular formula is C17H18FN5O. The molecule has 0 radical (unpaired) electrons. The highest BCUT2D eigenvalue weighted by Gasteiger charge is 2.20. The number of pyridine rings is 1. The third-order valence-electron chi connectivity index (χ3n) is 4.63. The molecule has 24 heavy (non-hydrogen) atoms. The topological polar surface area (TPSA) is 85.8 Å². The number of allylic oxidation sites excluding steroid dienone is 4. The zero-order valence-corrected chi connectivity index (χ0v) is 13.1. The largest absolute Gasteiger partial charge is 0.396 e. The molecule has 1 fully saturated rings. The first-order chi connectivity index (χ1) is 11.6. The summed E-state index contributed by atoms with van der Waals surface area (Å²) >= 11 is 0. The summed E-state index contributed by atoms with van der Waals surface area (Å²) in [6.07, 6.45) is 12.5. The SMILES string of the molecule is Nc1c(F)c(=O)n(C2=CC=C2)c2nc(NC3CCCCC3)ncc12. The van der Waals surface area contributed by atoms with Crippen LogP contribution in [-0.2, 0) is 0 Å². The molecule has 0 aromatic carbocycles. The van der Waals surface area contributed by atoms with E-state index in [2.05, 4.69) is 15.3 Å². The Bertz CT molecular complexity index is 925. The Labute approximate surface area is 137 Å². The van der Waals surface area contributed by atoms with Gasteiger partial charge in [-0.3, -0.25) is 9.36 Å². The van der Waals surface area contributed by atoms with Gasteiger partial charge in [0.25, 0.3) is 5.56 Å². The lowest BCUT2D eigenvalue weighted by molar-refractivity contribution is 0.461. The zero-order chi connectivity index (χ0) is 16.7. The van der Waals surface area contributed by atoms with Crippen molar-refractivity contribution in [1.29, 1.82) is 0 Å². The van der Waals surface area contributed by atoms with Crippen molar-refractivity contribution in [2.45, 2.75) is 38.1 Å². The lowest BCUT2D eigenvalue weighted by atomic mass is 9.96. The Morgan fingerprint density at radius 3 is 2.71 bits per heavy atom. The third-order valence-corrected chi connectivity index (χ3v) is 4.63. The van der Waals surface area contributed by atoms with Crippen LogP contribution in [0.1, 0.15) is 32.1 Å². The van der Waals surface area contributed by atoms with Crippen LogP contribution in [0.2, 0.25) is 0 Å². The average Bonchev–Trinajstić information content (AvgIpc) is 2.56. The molecule has 0 spiro atoms. The van der Waals surface area contributed by atoms with E-state index in [4.69, 9.17) is 5.73 Å². The van der Waals surface area contributed by atoms with Crippen LogP contribution < -0.4 is 16.6 Å².